The summed E-state index contributed by atoms with van der Waals surface area (Å²) in [6.45, 7) is 0. The minimum Gasteiger partial charge on any atom is -0.502 e. The van der Waals surface area contributed by atoms with E-state index in [4.69, 9.17) is 32.7 Å². The number of methoxy groups -OCH3 is 2. The summed E-state index contributed by atoms with van der Waals surface area (Å²) < 4.78 is 92.5. The van der Waals surface area contributed by atoms with Crippen LogP contribution in [-0.4, -0.2) is 64.7 Å². The lowest BCUT2D eigenvalue weighted by Gasteiger charge is -2.49. The molecular weight excluding hydrogens is 721 g/mol. The first-order chi connectivity index (χ1) is 23.2. The number of rotatable bonds is 5. The molecule has 6 atom stereocenters. The number of benzene rings is 2. The van der Waals surface area contributed by atoms with Crippen LogP contribution < -0.4 is 14.4 Å². The lowest BCUT2D eigenvalue weighted by molar-refractivity contribution is -0.143. The summed E-state index contributed by atoms with van der Waals surface area (Å²) in [5.41, 5.74) is -3.65. The fourth-order valence-corrected chi connectivity index (χ4v) is 8.51. The predicted octanol–water partition coefficient (Wildman–Crippen LogP) is 6.19. The molecule has 0 spiro atoms. The second-order valence-corrected chi connectivity index (χ2v) is 13.7. The first-order valence-electron chi connectivity index (χ1n) is 14.9. The van der Waals surface area contributed by atoms with E-state index in [0.717, 1.165) is 4.90 Å². The van der Waals surface area contributed by atoms with Crippen molar-refractivity contribution in [3.8, 4) is 17.2 Å². The highest BCUT2D eigenvalue weighted by Gasteiger charge is 2.75. The largest absolute Gasteiger partial charge is 0.502 e. The molecule has 0 radical (unpaired) electrons. The Morgan fingerprint density at radius 2 is 1.42 bits per heavy atom. The molecule has 2 aliphatic heterocycles. The molecule has 2 aromatic rings. The first-order valence-corrected chi connectivity index (χ1v) is 15.7. The molecular formula is C33H26Cl2F6N2O7. The maximum absolute atomic E-state index is 14.1. The van der Waals surface area contributed by atoms with Crippen molar-refractivity contribution in [2.45, 2.75) is 34.9 Å². The molecule has 17 heteroatoms. The molecule has 50 heavy (non-hydrogen) atoms. The van der Waals surface area contributed by atoms with Crippen LogP contribution in [0.25, 0.3) is 6.08 Å². The van der Waals surface area contributed by atoms with Crippen molar-refractivity contribution in [2.75, 3.05) is 26.2 Å². The Hall–Kier alpha value is -4.24. The molecule has 1 saturated carbocycles. The van der Waals surface area contributed by atoms with E-state index in [1.165, 1.54) is 51.6 Å². The smallest absolute Gasteiger partial charge is 0.416 e. The number of amides is 4. The number of ether oxygens (including phenoxy) is 2. The Bertz CT molecular complexity index is 1860. The first kappa shape index (κ1) is 35.6. The minimum atomic E-state index is -5.24. The van der Waals surface area contributed by atoms with Gasteiger partial charge in [0.05, 0.1) is 42.9 Å². The van der Waals surface area contributed by atoms with Crippen LogP contribution in [-0.2, 0) is 31.5 Å². The third-order valence-corrected chi connectivity index (χ3v) is 11.3. The predicted molar refractivity (Wildman–Crippen MR) is 165 cm³/mol. The molecule has 2 aromatic carbocycles. The third-order valence-electron chi connectivity index (χ3n) is 9.88. The number of hydrogen-bond acceptors (Lipinski definition) is 7. The highest BCUT2D eigenvalue weighted by atomic mass is 35.5. The Morgan fingerprint density at radius 1 is 0.860 bits per heavy atom. The van der Waals surface area contributed by atoms with E-state index in [-0.39, 0.29) is 29.7 Å². The fourth-order valence-electron chi connectivity index (χ4n) is 7.53. The average Bonchev–Trinajstić information content (AvgIpc) is 3.38. The number of fused-ring (bicyclic) bond motifs is 4. The van der Waals surface area contributed by atoms with Crippen LogP contribution >= 0.6 is 23.2 Å². The van der Waals surface area contributed by atoms with Gasteiger partial charge in [-0.25, -0.2) is 4.90 Å². The summed E-state index contributed by atoms with van der Waals surface area (Å²) in [5, 5.41) is 10.3. The van der Waals surface area contributed by atoms with E-state index in [1.807, 2.05) is 0 Å². The lowest BCUT2D eigenvalue weighted by atomic mass is 9.57. The number of phenolic OH excluding ortho intramolecular Hbond substituents is 1. The van der Waals surface area contributed by atoms with Crippen LogP contribution in [0.1, 0.15) is 29.5 Å². The lowest BCUT2D eigenvalue weighted by Crippen LogP contribution is -2.60. The number of halogens is 8. The maximum Gasteiger partial charge on any atom is 0.416 e. The summed E-state index contributed by atoms with van der Waals surface area (Å²) in [4.78, 5) is 51.7. The number of likely N-dealkylation sites (tertiary alicyclic amines) is 1. The number of nitrogens with zero attached hydrogens (tertiary/aromatic N) is 2. The van der Waals surface area contributed by atoms with Gasteiger partial charge in [0.2, 0.25) is 17.6 Å². The zero-order chi connectivity index (χ0) is 36.9. The number of allylic oxidation sites excluding steroid dienone is 3. The van der Waals surface area contributed by atoms with E-state index in [9.17, 15) is 50.6 Å². The number of alkyl halides is 8. The van der Waals surface area contributed by atoms with Crippen LogP contribution in [0, 0.1) is 23.7 Å². The molecule has 6 rings (SSSR count). The topological polar surface area (TPSA) is 113 Å². The van der Waals surface area contributed by atoms with Crippen molar-refractivity contribution in [1.82, 2.24) is 4.90 Å². The number of carbonyl (C=O) groups excluding carboxylic acids is 4. The summed E-state index contributed by atoms with van der Waals surface area (Å²) in [6, 6.07) is 3.34. The molecule has 2 aliphatic carbocycles. The summed E-state index contributed by atoms with van der Waals surface area (Å²) in [5.74, 6) is -9.01. The molecule has 0 aromatic heterocycles. The Balaban J connectivity index is 1.47. The molecule has 4 amide bonds. The number of phenols is 1. The number of carbonyl (C=O) groups is 4. The molecule has 0 bridgehead atoms. The van der Waals surface area contributed by atoms with Gasteiger partial charge in [-0.1, -0.05) is 23.8 Å². The zero-order valence-electron chi connectivity index (χ0n) is 26.2. The number of imide groups is 2. The highest BCUT2D eigenvalue weighted by molar-refractivity contribution is 6.53. The van der Waals surface area contributed by atoms with Crippen LogP contribution in [0.2, 0.25) is 0 Å². The molecule has 0 unspecified atom stereocenters. The van der Waals surface area contributed by atoms with Gasteiger partial charge in [0.1, 0.15) is 0 Å². The molecule has 4 aliphatic rings. The Morgan fingerprint density at radius 3 is 1.94 bits per heavy atom. The third kappa shape index (κ3) is 5.06. The van der Waals surface area contributed by atoms with Crippen molar-refractivity contribution in [3.05, 3.63) is 64.7 Å². The van der Waals surface area contributed by atoms with Gasteiger partial charge >= 0.3 is 12.4 Å². The standard InChI is InChI=1S/C33H26Cl2F6N2O7/c1-42-28(47)30(34)13-20-18(21(31(30,35)29(42)48)7-4-14-8-22(49-2)25(44)23(9-14)50-3)5-6-19-24(20)27(46)43(26(19)45)17-11-15(32(36,37)38)10-16(12-17)33(39,40)41/h4-5,7-12,19-21,24,44H,6,13H2,1-3H3/t19-,20+,21-,24-,30+,31-/m0/s1. The van der Waals surface area contributed by atoms with Gasteiger partial charge < -0.3 is 14.6 Å². The van der Waals surface area contributed by atoms with Crippen molar-refractivity contribution >= 4 is 58.6 Å². The molecule has 3 fully saturated rings. The van der Waals surface area contributed by atoms with E-state index in [1.54, 1.807) is 0 Å². The van der Waals surface area contributed by atoms with E-state index in [2.05, 4.69) is 0 Å². The number of hydrogen-bond donors (Lipinski definition) is 1. The summed E-state index contributed by atoms with van der Waals surface area (Å²) >= 11 is 14.1. The van der Waals surface area contributed by atoms with Gasteiger partial charge in [-0.05, 0) is 54.7 Å². The zero-order valence-corrected chi connectivity index (χ0v) is 27.7. The second kappa shape index (κ2) is 11.7. The molecule has 2 saturated heterocycles. The molecule has 1 N–H and O–H groups in total. The Kier molecular flexibility index (Phi) is 8.29. The van der Waals surface area contributed by atoms with E-state index >= 15 is 0 Å². The molecule has 266 valence electrons. The summed E-state index contributed by atoms with van der Waals surface area (Å²) in [7, 11) is 3.78. The monoisotopic (exact) mass is 746 g/mol. The molecule has 2 heterocycles. The van der Waals surface area contributed by atoms with E-state index < -0.39 is 92.6 Å². The van der Waals surface area contributed by atoms with Crippen LogP contribution in [0.15, 0.2) is 48.1 Å². The molecule has 9 nitrogen and oxygen atoms in total. The minimum absolute atomic E-state index is 0.0304. The van der Waals surface area contributed by atoms with Crippen LogP contribution in [0.5, 0.6) is 17.2 Å². The normalized spacial score (nSPS) is 29.7. The quantitative estimate of drug-likeness (QED) is 0.168. The van der Waals surface area contributed by atoms with E-state index in [0.29, 0.717) is 28.2 Å². The van der Waals surface area contributed by atoms with Crippen molar-refractivity contribution in [2.24, 2.45) is 23.7 Å². The van der Waals surface area contributed by atoms with Gasteiger partial charge in [0.15, 0.2) is 21.2 Å². The van der Waals surface area contributed by atoms with Crippen molar-refractivity contribution in [3.63, 3.8) is 0 Å². The Labute approximate surface area is 290 Å². The number of anilines is 1. The van der Waals surface area contributed by atoms with Gasteiger partial charge in [0.25, 0.3) is 11.8 Å². The van der Waals surface area contributed by atoms with Crippen molar-refractivity contribution in [1.29, 1.82) is 0 Å². The van der Waals surface area contributed by atoms with Crippen LogP contribution in [0.4, 0.5) is 32.0 Å². The number of aromatic hydroxyl groups is 1. The van der Waals surface area contributed by atoms with Gasteiger partial charge in [-0.15, -0.1) is 23.2 Å². The van der Waals surface area contributed by atoms with Gasteiger partial charge in [-0.2, -0.15) is 26.3 Å². The second-order valence-electron chi connectivity index (χ2n) is 12.5. The SMILES string of the molecule is COc1cc(C=C[C@H]2C3=CC[C@@H]4C(=O)N(c5cc(C(F)(F)F)cc(C(F)(F)F)c5)C(=O)[C@@H]4[C@@H]3C[C@@]3(Cl)C(=O)N(C)C(=O)[C@@]23Cl)cc(OC)c1O. The van der Waals surface area contributed by atoms with Gasteiger partial charge in [0, 0.05) is 13.0 Å². The highest BCUT2D eigenvalue weighted by Crippen LogP contribution is 2.63. The van der Waals surface area contributed by atoms with Crippen molar-refractivity contribution < 1.29 is 60.1 Å². The average molecular weight is 747 g/mol. The van der Waals surface area contributed by atoms with Crippen LogP contribution in [0.3, 0.4) is 0 Å². The fraction of sp³-hybridized carbons (Fsp3) is 0.394. The van der Waals surface area contributed by atoms with Gasteiger partial charge in [-0.3, -0.25) is 24.1 Å². The maximum atomic E-state index is 14.1. The summed E-state index contributed by atoms with van der Waals surface area (Å²) in [6.07, 6.45) is -6.64.